The molecule has 0 saturated heterocycles. The summed E-state index contributed by atoms with van der Waals surface area (Å²) >= 11 is 0. The van der Waals surface area contributed by atoms with E-state index in [0.29, 0.717) is 6.67 Å². The topological polar surface area (TPSA) is 37.5 Å². The highest BCUT2D eigenvalue weighted by molar-refractivity contribution is 6.26. The van der Waals surface area contributed by atoms with E-state index in [1.807, 2.05) is 12.1 Å². The number of benzene rings is 11. The standard InChI is InChI=1S/C66H47N5/c1-66(2)56-28-16-14-27-51(56)64-47-24-11-10-22-44(47)55(36-57(64)66)63-49-26-13-12-25-48(49)62(40-18-6-4-7-19-40)50-33-31-41(34-54(50)63)42-30-32-46-53-37-60-52(38-61(53)71(59(46)35-42)65-67-39-69(3)68-65)45-23-15-17-29-58(45)70(60)43-20-8-5-9-21-43/h4-38H,39H2,1-3H3,(H,67,68). The van der Waals surface area contributed by atoms with Crippen molar-refractivity contribution >= 4 is 81.9 Å². The van der Waals surface area contributed by atoms with E-state index >= 15 is 0 Å². The maximum absolute atomic E-state index is 5.05. The lowest BCUT2D eigenvalue weighted by molar-refractivity contribution is 0.380. The van der Waals surface area contributed by atoms with Gasteiger partial charge in [-0.05, 0) is 136 Å². The summed E-state index contributed by atoms with van der Waals surface area (Å²) in [4.78, 5) is 0. The summed E-state index contributed by atoms with van der Waals surface area (Å²) in [6, 6.07) is 79.2. The zero-order chi connectivity index (χ0) is 47.1. The highest BCUT2D eigenvalue weighted by atomic mass is 15.6. The van der Waals surface area contributed by atoms with Crippen LogP contribution >= 0.6 is 0 Å². The van der Waals surface area contributed by atoms with Gasteiger partial charge in [0.15, 0.2) is 0 Å². The Morgan fingerprint density at radius 3 is 1.66 bits per heavy atom. The Bertz CT molecular complexity index is 4440. The third-order valence-electron chi connectivity index (χ3n) is 15.8. The Hall–Kier alpha value is -8.93. The van der Waals surface area contributed by atoms with E-state index in [0.717, 1.165) is 33.8 Å². The molecule has 0 spiro atoms. The van der Waals surface area contributed by atoms with Crippen molar-refractivity contribution in [2.75, 3.05) is 13.7 Å². The minimum absolute atomic E-state index is 0.171. The molecule has 2 aliphatic rings. The summed E-state index contributed by atoms with van der Waals surface area (Å²) in [5.41, 5.74) is 18.4. The first-order chi connectivity index (χ1) is 34.9. The second kappa shape index (κ2) is 14.8. The molecule has 1 N–H and O–H groups in total. The Morgan fingerprint density at radius 1 is 0.380 bits per heavy atom. The predicted octanol–water partition coefficient (Wildman–Crippen LogP) is 16.3. The van der Waals surface area contributed by atoms with Gasteiger partial charge in [0.1, 0.15) is 6.67 Å². The average Bonchev–Trinajstić information content (AvgIpc) is 4.14. The fourth-order valence-corrected chi connectivity index (χ4v) is 12.6. The first-order valence-corrected chi connectivity index (χ1v) is 24.7. The Balaban J connectivity index is 1.02. The average molecular weight is 910 g/mol. The third-order valence-corrected chi connectivity index (χ3v) is 15.8. The van der Waals surface area contributed by atoms with Crippen molar-refractivity contribution in [3.05, 3.63) is 223 Å². The summed E-state index contributed by atoms with van der Waals surface area (Å²) in [6.45, 7) is 5.43. The summed E-state index contributed by atoms with van der Waals surface area (Å²) in [5.74, 6) is 0.823. The lowest BCUT2D eigenvalue weighted by atomic mass is 9.78. The number of rotatable bonds is 4. The van der Waals surface area contributed by atoms with Crippen molar-refractivity contribution < 1.29 is 0 Å². The van der Waals surface area contributed by atoms with E-state index in [2.05, 4.69) is 241 Å². The zero-order valence-electron chi connectivity index (χ0n) is 39.7. The fraction of sp³-hybridized carbons (Fsp3) is 0.0758. The van der Waals surface area contributed by atoms with Crippen molar-refractivity contribution in [3.8, 4) is 50.2 Å². The molecule has 15 rings (SSSR count). The van der Waals surface area contributed by atoms with Crippen LogP contribution in [0.1, 0.15) is 25.0 Å². The summed E-state index contributed by atoms with van der Waals surface area (Å²) in [5, 5.41) is 23.0. The smallest absolute Gasteiger partial charge is 0.227 e. The molecule has 1 aliphatic heterocycles. The Labute approximate surface area is 411 Å². The monoisotopic (exact) mass is 909 g/mol. The lowest BCUT2D eigenvalue weighted by Crippen LogP contribution is -2.27. The van der Waals surface area contributed by atoms with Crippen LogP contribution in [0.2, 0.25) is 0 Å². The molecular formula is C66H47N5. The number of nitrogens with one attached hydrogen (secondary N) is 1. The highest BCUT2D eigenvalue weighted by Gasteiger charge is 2.37. The predicted molar refractivity (Wildman–Crippen MR) is 299 cm³/mol. The van der Waals surface area contributed by atoms with E-state index in [9.17, 15) is 0 Å². The molecule has 0 amide bonds. The van der Waals surface area contributed by atoms with Crippen molar-refractivity contribution in [1.82, 2.24) is 19.5 Å². The van der Waals surface area contributed by atoms with Gasteiger partial charge in [0.2, 0.25) is 5.96 Å². The molecular weight excluding hydrogens is 863 g/mol. The van der Waals surface area contributed by atoms with Crippen molar-refractivity contribution in [2.24, 2.45) is 5.10 Å². The maximum atomic E-state index is 5.05. The molecule has 5 nitrogen and oxygen atoms in total. The number of hydrogen-bond donors (Lipinski definition) is 1. The largest absolute Gasteiger partial charge is 0.335 e. The van der Waals surface area contributed by atoms with E-state index in [1.54, 1.807) is 0 Å². The quantitative estimate of drug-likeness (QED) is 0.179. The van der Waals surface area contributed by atoms with Gasteiger partial charge in [-0.3, -0.25) is 9.58 Å². The maximum Gasteiger partial charge on any atom is 0.227 e. The van der Waals surface area contributed by atoms with Crippen molar-refractivity contribution in [3.63, 3.8) is 0 Å². The van der Waals surface area contributed by atoms with Gasteiger partial charge in [0.05, 0.1) is 22.1 Å². The normalized spacial score (nSPS) is 14.1. The lowest BCUT2D eigenvalue weighted by Gasteiger charge is -2.24. The number of nitrogens with zero attached hydrogens (tertiary/aromatic N) is 4. The number of hydrazone groups is 1. The van der Waals surface area contributed by atoms with Gasteiger partial charge in [-0.2, -0.15) is 0 Å². The molecule has 3 heterocycles. The molecule has 11 aromatic carbocycles. The van der Waals surface area contributed by atoms with E-state index in [-0.39, 0.29) is 5.41 Å². The molecule has 0 bridgehead atoms. The van der Waals surface area contributed by atoms with Crippen LogP contribution in [-0.4, -0.2) is 33.8 Å². The molecule has 0 unspecified atom stereocenters. The third kappa shape index (κ3) is 5.66. The summed E-state index contributed by atoms with van der Waals surface area (Å²) < 4.78 is 4.75. The fourth-order valence-electron chi connectivity index (χ4n) is 12.6. The number of fused-ring (bicyclic) bond motifs is 13. The van der Waals surface area contributed by atoms with Crippen molar-refractivity contribution in [1.29, 1.82) is 0 Å². The zero-order valence-corrected chi connectivity index (χ0v) is 39.7. The Morgan fingerprint density at radius 2 is 0.930 bits per heavy atom. The SMILES string of the molecule is CN1CNC(n2c3cc(-c4ccc5c(-c6ccccc6)c6ccccc6c(-c6cc7c(c8ccccc68)-c6ccccc6C7(C)C)c5c4)ccc3c3cc4c(cc32)c2ccccc2n4-c2ccccc2)=N1. The van der Waals surface area contributed by atoms with Gasteiger partial charge in [-0.1, -0.05) is 178 Å². The molecule has 5 heteroatoms. The van der Waals surface area contributed by atoms with Crippen LogP contribution < -0.4 is 5.32 Å². The van der Waals surface area contributed by atoms with Gasteiger partial charge in [-0.15, -0.1) is 5.10 Å². The van der Waals surface area contributed by atoms with Crippen LogP contribution in [0.3, 0.4) is 0 Å². The molecule has 0 saturated carbocycles. The summed E-state index contributed by atoms with van der Waals surface area (Å²) in [6.07, 6.45) is 0. The van der Waals surface area contributed by atoms with Crippen LogP contribution in [-0.2, 0) is 5.41 Å². The minimum atomic E-state index is -0.171. The van der Waals surface area contributed by atoms with Gasteiger partial charge in [-0.25, -0.2) is 0 Å². The van der Waals surface area contributed by atoms with Gasteiger partial charge in [0, 0.05) is 39.7 Å². The Kier molecular flexibility index (Phi) is 8.33. The van der Waals surface area contributed by atoms with Crippen LogP contribution in [0.15, 0.2) is 217 Å². The van der Waals surface area contributed by atoms with E-state index in [4.69, 9.17) is 5.10 Å². The first-order valence-electron chi connectivity index (χ1n) is 24.7. The minimum Gasteiger partial charge on any atom is -0.335 e. The van der Waals surface area contributed by atoms with Crippen LogP contribution in [0.5, 0.6) is 0 Å². The number of hydrogen-bond acceptors (Lipinski definition) is 3. The second-order valence-electron chi connectivity index (χ2n) is 20.0. The number of para-hydroxylation sites is 2. The van der Waals surface area contributed by atoms with Gasteiger partial charge in [0.25, 0.3) is 0 Å². The van der Waals surface area contributed by atoms with Crippen LogP contribution in [0.25, 0.3) is 126 Å². The second-order valence-corrected chi connectivity index (χ2v) is 20.0. The number of aromatic nitrogens is 2. The van der Waals surface area contributed by atoms with Crippen molar-refractivity contribution in [2.45, 2.75) is 19.3 Å². The van der Waals surface area contributed by atoms with E-state index < -0.39 is 0 Å². The molecule has 1 aliphatic carbocycles. The van der Waals surface area contributed by atoms with Crippen LogP contribution in [0.4, 0.5) is 0 Å². The molecule has 0 radical (unpaired) electrons. The molecule has 71 heavy (non-hydrogen) atoms. The van der Waals surface area contributed by atoms with E-state index in [1.165, 1.54) is 109 Å². The first kappa shape index (κ1) is 40.0. The molecule has 0 fully saturated rings. The van der Waals surface area contributed by atoms with Gasteiger partial charge < -0.3 is 9.88 Å². The van der Waals surface area contributed by atoms with Gasteiger partial charge >= 0.3 is 0 Å². The highest BCUT2D eigenvalue weighted by Crippen LogP contribution is 2.55. The molecule has 2 aromatic heterocycles. The summed E-state index contributed by atoms with van der Waals surface area (Å²) in [7, 11) is 2.02. The molecule has 336 valence electrons. The van der Waals surface area contributed by atoms with Crippen LogP contribution in [0, 0.1) is 0 Å². The molecule has 0 atom stereocenters. The molecule has 13 aromatic rings.